The Bertz CT molecular complexity index is 889. The number of nitrogens with zero attached hydrogens (tertiary/aromatic N) is 3. The van der Waals surface area contributed by atoms with Crippen LogP contribution in [0.4, 0.5) is 22.9 Å². The molecule has 0 unspecified atom stereocenters. The predicted octanol–water partition coefficient (Wildman–Crippen LogP) is 3.85. The third kappa shape index (κ3) is 4.36. The summed E-state index contributed by atoms with van der Waals surface area (Å²) >= 11 is 0. The van der Waals surface area contributed by atoms with Gasteiger partial charge in [-0.15, -0.1) is 0 Å². The number of hydrogen-bond donors (Lipinski definition) is 2. The van der Waals surface area contributed by atoms with Crippen molar-refractivity contribution in [3.05, 3.63) is 72.2 Å². The fourth-order valence-electron chi connectivity index (χ4n) is 2.37. The number of anilines is 4. The fraction of sp³-hybridized carbons (Fsp3) is 0.150. The van der Waals surface area contributed by atoms with Crippen molar-refractivity contribution in [2.75, 3.05) is 29.6 Å². The minimum atomic E-state index is -0.281. The van der Waals surface area contributed by atoms with E-state index in [-0.39, 0.29) is 5.91 Å². The number of benzene rings is 2. The highest BCUT2D eigenvalue weighted by Gasteiger charge is 2.10. The number of aryl methyl sites for hydroxylation is 1. The summed E-state index contributed by atoms with van der Waals surface area (Å²) in [6.45, 7) is 2.03. The van der Waals surface area contributed by atoms with Crippen LogP contribution in [0.5, 0.6) is 0 Å². The molecule has 0 saturated carbocycles. The van der Waals surface area contributed by atoms with E-state index in [1.807, 2.05) is 74.4 Å². The van der Waals surface area contributed by atoms with Crippen molar-refractivity contribution in [2.45, 2.75) is 6.92 Å². The van der Waals surface area contributed by atoms with Gasteiger partial charge >= 0.3 is 0 Å². The monoisotopic (exact) mass is 347 g/mol. The van der Waals surface area contributed by atoms with Gasteiger partial charge in [0.2, 0.25) is 0 Å². The lowest BCUT2D eigenvalue weighted by atomic mass is 10.2. The van der Waals surface area contributed by atoms with Crippen molar-refractivity contribution in [1.29, 1.82) is 0 Å². The first kappa shape index (κ1) is 17.4. The minimum Gasteiger partial charge on any atom is -0.378 e. The van der Waals surface area contributed by atoms with Gasteiger partial charge in [0.15, 0.2) is 0 Å². The first-order valence-electron chi connectivity index (χ1n) is 8.26. The average molecular weight is 347 g/mol. The second-order valence-corrected chi connectivity index (χ2v) is 6.17. The molecule has 2 aromatic carbocycles. The van der Waals surface area contributed by atoms with E-state index in [4.69, 9.17) is 0 Å². The van der Waals surface area contributed by atoms with Crippen LogP contribution in [-0.4, -0.2) is 30.0 Å². The summed E-state index contributed by atoms with van der Waals surface area (Å²) in [5.41, 5.74) is 4.16. The fourth-order valence-corrected chi connectivity index (χ4v) is 2.37. The minimum absolute atomic E-state index is 0.281. The van der Waals surface area contributed by atoms with Crippen LogP contribution in [0.25, 0.3) is 0 Å². The molecule has 0 aliphatic rings. The van der Waals surface area contributed by atoms with Gasteiger partial charge in [-0.1, -0.05) is 17.7 Å². The molecule has 0 atom stereocenters. The Morgan fingerprint density at radius 2 is 1.58 bits per heavy atom. The van der Waals surface area contributed by atoms with E-state index in [1.165, 1.54) is 11.9 Å². The van der Waals surface area contributed by atoms with Gasteiger partial charge in [-0.3, -0.25) is 4.79 Å². The number of carbonyl (C=O) groups is 1. The van der Waals surface area contributed by atoms with Crippen molar-refractivity contribution in [3.8, 4) is 0 Å². The third-order valence-electron chi connectivity index (χ3n) is 3.87. The summed E-state index contributed by atoms with van der Waals surface area (Å²) in [4.78, 5) is 22.7. The normalized spacial score (nSPS) is 10.3. The zero-order valence-electron chi connectivity index (χ0n) is 15.0. The molecule has 6 nitrogen and oxygen atoms in total. The van der Waals surface area contributed by atoms with Crippen LogP contribution in [0.15, 0.2) is 60.9 Å². The highest BCUT2D eigenvalue weighted by molar-refractivity contribution is 6.03. The second kappa shape index (κ2) is 7.65. The lowest BCUT2D eigenvalue weighted by molar-refractivity contribution is 0.102. The molecule has 6 heteroatoms. The van der Waals surface area contributed by atoms with E-state index >= 15 is 0 Å². The smallest absolute Gasteiger partial charge is 0.274 e. The van der Waals surface area contributed by atoms with Crippen molar-refractivity contribution < 1.29 is 4.79 Å². The van der Waals surface area contributed by atoms with Gasteiger partial charge in [-0.2, -0.15) is 0 Å². The maximum Gasteiger partial charge on any atom is 0.274 e. The lowest BCUT2D eigenvalue weighted by Gasteiger charge is -2.13. The van der Waals surface area contributed by atoms with Gasteiger partial charge < -0.3 is 15.5 Å². The van der Waals surface area contributed by atoms with E-state index < -0.39 is 0 Å². The number of nitrogens with one attached hydrogen (secondary N) is 2. The largest absolute Gasteiger partial charge is 0.378 e. The van der Waals surface area contributed by atoms with E-state index in [9.17, 15) is 4.79 Å². The molecule has 3 aromatic rings. The molecule has 0 fully saturated rings. The molecule has 0 radical (unpaired) electrons. The molecule has 0 aliphatic heterocycles. The van der Waals surface area contributed by atoms with Gasteiger partial charge in [0, 0.05) is 37.2 Å². The van der Waals surface area contributed by atoms with Crippen molar-refractivity contribution in [2.24, 2.45) is 0 Å². The molecule has 0 spiro atoms. The SMILES string of the molecule is Cc1ccc(Nc2cc(C(=O)Nc3ccc(N(C)C)cc3)ncn2)cc1. The Labute approximate surface area is 152 Å². The standard InChI is InChI=1S/C20H21N5O/c1-14-4-6-15(7-5-14)23-19-12-18(21-13-22-19)20(26)24-16-8-10-17(11-9-16)25(2)3/h4-13H,1-3H3,(H,24,26)(H,21,22,23). The van der Waals surface area contributed by atoms with Crippen LogP contribution in [0.1, 0.15) is 16.1 Å². The zero-order valence-corrected chi connectivity index (χ0v) is 15.0. The van der Waals surface area contributed by atoms with Crippen LogP contribution >= 0.6 is 0 Å². The maximum absolute atomic E-state index is 12.4. The molecular weight excluding hydrogens is 326 g/mol. The topological polar surface area (TPSA) is 70.2 Å². The van der Waals surface area contributed by atoms with E-state index in [0.717, 1.165) is 11.4 Å². The third-order valence-corrected chi connectivity index (χ3v) is 3.87. The molecule has 0 saturated heterocycles. The van der Waals surface area contributed by atoms with E-state index in [2.05, 4.69) is 20.6 Å². The molecule has 132 valence electrons. The Balaban J connectivity index is 1.70. The molecule has 1 amide bonds. The summed E-state index contributed by atoms with van der Waals surface area (Å²) in [5.74, 6) is 0.286. The number of rotatable bonds is 5. The average Bonchev–Trinajstić information content (AvgIpc) is 2.64. The lowest BCUT2D eigenvalue weighted by Crippen LogP contribution is -2.14. The number of aromatic nitrogens is 2. The van der Waals surface area contributed by atoms with Gasteiger partial charge in [0.05, 0.1) is 0 Å². The number of hydrogen-bond acceptors (Lipinski definition) is 5. The van der Waals surface area contributed by atoms with E-state index in [1.54, 1.807) is 6.07 Å². The van der Waals surface area contributed by atoms with Crippen LogP contribution in [0.3, 0.4) is 0 Å². The van der Waals surface area contributed by atoms with Crippen LogP contribution in [0.2, 0.25) is 0 Å². The highest BCUT2D eigenvalue weighted by atomic mass is 16.1. The summed E-state index contributed by atoms with van der Waals surface area (Å²) in [5, 5.41) is 6.02. The van der Waals surface area contributed by atoms with Crippen molar-refractivity contribution in [3.63, 3.8) is 0 Å². The Hall–Kier alpha value is -3.41. The number of carbonyl (C=O) groups excluding carboxylic acids is 1. The summed E-state index contributed by atoms with van der Waals surface area (Å²) in [6, 6.07) is 17.2. The van der Waals surface area contributed by atoms with Crippen LogP contribution in [0, 0.1) is 6.92 Å². The first-order chi connectivity index (χ1) is 12.5. The summed E-state index contributed by atoms with van der Waals surface area (Å²) in [6.07, 6.45) is 1.38. The summed E-state index contributed by atoms with van der Waals surface area (Å²) < 4.78 is 0. The molecule has 0 bridgehead atoms. The van der Waals surface area contributed by atoms with Gasteiger partial charge in [-0.05, 0) is 43.3 Å². The van der Waals surface area contributed by atoms with Gasteiger partial charge in [0.1, 0.15) is 17.8 Å². The highest BCUT2D eigenvalue weighted by Crippen LogP contribution is 2.18. The molecule has 2 N–H and O–H groups in total. The van der Waals surface area contributed by atoms with Crippen LogP contribution < -0.4 is 15.5 Å². The van der Waals surface area contributed by atoms with Crippen LogP contribution in [-0.2, 0) is 0 Å². The van der Waals surface area contributed by atoms with E-state index in [0.29, 0.717) is 17.2 Å². The maximum atomic E-state index is 12.4. The summed E-state index contributed by atoms with van der Waals surface area (Å²) in [7, 11) is 3.94. The molecule has 0 aliphatic carbocycles. The first-order valence-corrected chi connectivity index (χ1v) is 8.26. The quantitative estimate of drug-likeness (QED) is 0.734. The zero-order chi connectivity index (χ0) is 18.5. The van der Waals surface area contributed by atoms with Crippen molar-refractivity contribution >= 4 is 28.8 Å². The van der Waals surface area contributed by atoms with Gasteiger partial charge in [0.25, 0.3) is 5.91 Å². The Morgan fingerprint density at radius 3 is 2.23 bits per heavy atom. The van der Waals surface area contributed by atoms with Crippen molar-refractivity contribution in [1.82, 2.24) is 9.97 Å². The molecule has 1 heterocycles. The Morgan fingerprint density at radius 1 is 0.923 bits per heavy atom. The molecule has 26 heavy (non-hydrogen) atoms. The van der Waals surface area contributed by atoms with Gasteiger partial charge in [-0.25, -0.2) is 9.97 Å². The predicted molar refractivity (Wildman–Crippen MR) is 105 cm³/mol. The Kier molecular flexibility index (Phi) is 5.12. The second-order valence-electron chi connectivity index (χ2n) is 6.17. The molecular formula is C20H21N5O. The number of amides is 1. The molecule has 3 rings (SSSR count). The molecule has 1 aromatic heterocycles.